The lowest BCUT2D eigenvalue weighted by Crippen LogP contribution is -2.29. The van der Waals surface area contributed by atoms with Crippen molar-refractivity contribution in [3.05, 3.63) is 50.8 Å². The number of carboxylic acid groups (broad SMARTS) is 1. The number of nitrogens with two attached hydrogens (primary N) is 1. The summed E-state index contributed by atoms with van der Waals surface area (Å²) in [6.07, 6.45) is 0.456. The van der Waals surface area contributed by atoms with Crippen molar-refractivity contribution in [1.29, 1.82) is 0 Å². The fraction of sp³-hybridized carbons (Fsp3) is 0.286. The van der Waals surface area contributed by atoms with E-state index in [1.54, 1.807) is 4.90 Å². The van der Waals surface area contributed by atoms with Crippen molar-refractivity contribution in [1.82, 2.24) is 9.55 Å². The van der Waals surface area contributed by atoms with Crippen molar-refractivity contribution in [3.8, 4) is 5.82 Å². The highest BCUT2D eigenvalue weighted by Crippen LogP contribution is 2.39. The Hall–Kier alpha value is -2.85. The predicted octanol–water partition coefficient (Wildman–Crippen LogP) is 1.28. The second-order valence-electron chi connectivity index (χ2n) is 7.98. The summed E-state index contributed by atoms with van der Waals surface area (Å²) in [6, 6.07) is 1.96. The Morgan fingerprint density at radius 2 is 2.06 bits per heavy atom. The number of benzene rings is 1. The van der Waals surface area contributed by atoms with Crippen LogP contribution in [0.3, 0.4) is 0 Å². The van der Waals surface area contributed by atoms with Gasteiger partial charge < -0.3 is 26.0 Å². The van der Waals surface area contributed by atoms with Crippen LogP contribution in [0.15, 0.2) is 23.1 Å². The summed E-state index contributed by atoms with van der Waals surface area (Å²) in [5.74, 6) is -4.04. The molecule has 1 aliphatic heterocycles. The average Bonchev–Trinajstić information content (AvgIpc) is 3.26. The lowest BCUT2D eigenvalue weighted by molar-refractivity contribution is 0.0545. The standard InChI is InChI=1S/C21H20ClF2N4O5P/c22-15-16-9(3-11(23)17(15)27-2-1-8(5-27)13(30)7-29)18(31)10(21(32)33)6-28(16)20-14(34)4-12(24)19(25)26-20/h3-4,6,8,13,29-30H,1-2,5,7,34H2,(H2,25,26)(H,32,33). The first-order chi connectivity index (χ1) is 16.0. The third-order valence-electron chi connectivity index (χ3n) is 5.90. The summed E-state index contributed by atoms with van der Waals surface area (Å²) in [5.41, 5.74) is 3.89. The van der Waals surface area contributed by atoms with E-state index in [-0.39, 0.29) is 45.2 Å². The number of carbonyl (C=O) groups is 1. The molecule has 1 aromatic carbocycles. The molecule has 1 fully saturated rings. The third kappa shape index (κ3) is 3.98. The second kappa shape index (κ2) is 9.07. The number of aliphatic hydroxyl groups excluding tert-OH is 2. The van der Waals surface area contributed by atoms with E-state index in [0.29, 0.717) is 13.0 Å². The van der Waals surface area contributed by atoms with Crippen LogP contribution in [0.2, 0.25) is 5.02 Å². The van der Waals surface area contributed by atoms with Crippen molar-refractivity contribution in [3.63, 3.8) is 0 Å². The van der Waals surface area contributed by atoms with Gasteiger partial charge in [0.1, 0.15) is 17.2 Å². The molecule has 180 valence electrons. The van der Waals surface area contributed by atoms with Gasteiger partial charge in [-0.1, -0.05) is 11.6 Å². The van der Waals surface area contributed by atoms with Gasteiger partial charge in [0.05, 0.1) is 34.3 Å². The van der Waals surface area contributed by atoms with Gasteiger partial charge in [0.15, 0.2) is 11.6 Å². The minimum atomic E-state index is -1.55. The van der Waals surface area contributed by atoms with Crippen molar-refractivity contribution < 1.29 is 28.9 Å². The summed E-state index contributed by atoms with van der Waals surface area (Å²) >= 11 is 6.63. The molecule has 0 bridgehead atoms. The Morgan fingerprint density at radius 1 is 1.35 bits per heavy atom. The van der Waals surface area contributed by atoms with E-state index in [2.05, 4.69) is 14.2 Å². The first-order valence-corrected chi connectivity index (χ1v) is 11.1. The minimum absolute atomic E-state index is 0.0224. The molecule has 0 saturated carbocycles. The number of rotatable bonds is 5. The van der Waals surface area contributed by atoms with Crippen LogP contribution < -0.4 is 21.4 Å². The van der Waals surface area contributed by atoms with Crippen LogP contribution in [0.5, 0.6) is 0 Å². The summed E-state index contributed by atoms with van der Waals surface area (Å²) in [6.45, 7) is 0.0639. The number of nitrogen functional groups attached to an aromatic ring is 1. The van der Waals surface area contributed by atoms with Gasteiger partial charge in [0, 0.05) is 30.5 Å². The fourth-order valence-corrected chi connectivity index (χ4v) is 4.92. The Balaban J connectivity index is 2.03. The molecule has 3 heterocycles. The molecule has 3 atom stereocenters. The predicted molar refractivity (Wildman–Crippen MR) is 126 cm³/mol. The van der Waals surface area contributed by atoms with Crippen LogP contribution in [0, 0.1) is 17.6 Å². The number of anilines is 2. The zero-order valence-corrected chi connectivity index (χ0v) is 19.4. The van der Waals surface area contributed by atoms with Crippen molar-refractivity contribution in [2.75, 3.05) is 30.3 Å². The van der Waals surface area contributed by atoms with Crippen LogP contribution in [0.1, 0.15) is 16.8 Å². The molecule has 0 spiro atoms. The highest BCUT2D eigenvalue weighted by molar-refractivity contribution is 7.27. The molecule has 1 saturated heterocycles. The molecule has 13 heteroatoms. The van der Waals surface area contributed by atoms with E-state index >= 15 is 4.39 Å². The Labute approximate surface area is 198 Å². The van der Waals surface area contributed by atoms with Gasteiger partial charge in [-0.05, 0) is 18.6 Å². The Kier molecular flexibility index (Phi) is 6.48. The molecule has 3 aromatic rings. The quantitative estimate of drug-likeness (QED) is 0.375. The SMILES string of the molecule is Nc1nc(-n2cc(C(=O)O)c(=O)c3cc(F)c(N4CCC(C(O)CO)C4)c(Cl)c32)c(P)cc1F. The van der Waals surface area contributed by atoms with E-state index < -0.39 is 47.1 Å². The maximum atomic E-state index is 15.3. The molecule has 9 nitrogen and oxygen atoms in total. The van der Waals surface area contributed by atoms with Gasteiger partial charge in [0.25, 0.3) is 0 Å². The van der Waals surface area contributed by atoms with Gasteiger partial charge >= 0.3 is 5.97 Å². The number of fused-ring (bicyclic) bond motifs is 1. The maximum Gasteiger partial charge on any atom is 0.341 e. The molecule has 0 radical (unpaired) electrons. The molecular formula is C21H20ClF2N4O5P. The number of aromatic carboxylic acids is 1. The maximum absolute atomic E-state index is 15.3. The lowest BCUT2D eigenvalue weighted by atomic mass is 10.0. The number of hydrogen-bond donors (Lipinski definition) is 4. The number of aromatic nitrogens is 2. The van der Waals surface area contributed by atoms with Gasteiger partial charge in [0.2, 0.25) is 5.43 Å². The van der Waals surface area contributed by atoms with E-state index in [1.165, 1.54) is 4.57 Å². The van der Waals surface area contributed by atoms with E-state index in [4.69, 9.17) is 17.3 Å². The number of aliphatic hydroxyl groups is 2. The molecule has 4 rings (SSSR count). The molecule has 0 aliphatic carbocycles. The molecule has 0 amide bonds. The van der Waals surface area contributed by atoms with E-state index in [9.17, 15) is 29.3 Å². The summed E-state index contributed by atoms with van der Waals surface area (Å²) < 4.78 is 30.3. The highest BCUT2D eigenvalue weighted by atomic mass is 35.5. The number of pyridine rings is 2. The Morgan fingerprint density at radius 3 is 2.71 bits per heavy atom. The molecule has 34 heavy (non-hydrogen) atoms. The normalized spacial score (nSPS) is 16.9. The number of halogens is 3. The first-order valence-electron chi connectivity index (χ1n) is 10.1. The van der Waals surface area contributed by atoms with Crippen molar-refractivity contribution in [2.45, 2.75) is 12.5 Å². The average molecular weight is 513 g/mol. The minimum Gasteiger partial charge on any atom is -0.477 e. The molecule has 2 aromatic heterocycles. The van der Waals surface area contributed by atoms with Crippen molar-refractivity contribution >= 4 is 54.5 Å². The number of carboxylic acids is 1. The zero-order chi connectivity index (χ0) is 24.9. The van der Waals surface area contributed by atoms with Gasteiger partial charge in [-0.3, -0.25) is 9.36 Å². The molecule has 1 aliphatic rings. The molecule has 5 N–H and O–H groups in total. The van der Waals surface area contributed by atoms with Gasteiger partial charge in [-0.25, -0.2) is 18.6 Å². The van der Waals surface area contributed by atoms with Gasteiger partial charge in [-0.2, -0.15) is 0 Å². The first kappa shape index (κ1) is 24.3. The van der Waals surface area contributed by atoms with E-state index in [0.717, 1.165) is 18.3 Å². The third-order valence-corrected chi connectivity index (χ3v) is 6.68. The van der Waals surface area contributed by atoms with E-state index in [1.807, 2.05) is 0 Å². The van der Waals surface area contributed by atoms with Crippen LogP contribution in [-0.4, -0.2) is 56.6 Å². The fourth-order valence-electron chi connectivity index (χ4n) is 4.17. The summed E-state index contributed by atoms with van der Waals surface area (Å²) in [7, 11) is 2.24. The smallest absolute Gasteiger partial charge is 0.341 e. The largest absolute Gasteiger partial charge is 0.477 e. The second-order valence-corrected chi connectivity index (χ2v) is 8.98. The molecule has 3 unspecified atom stereocenters. The number of hydrogen-bond acceptors (Lipinski definition) is 7. The molecular weight excluding hydrogens is 493 g/mol. The van der Waals surface area contributed by atoms with Crippen LogP contribution >= 0.6 is 20.8 Å². The van der Waals surface area contributed by atoms with Crippen LogP contribution in [-0.2, 0) is 0 Å². The lowest BCUT2D eigenvalue weighted by Gasteiger charge is -2.24. The zero-order valence-electron chi connectivity index (χ0n) is 17.5. The Bertz CT molecular complexity index is 1390. The topological polar surface area (TPSA) is 142 Å². The van der Waals surface area contributed by atoms with Gasteiger partial charge in [-0.15, -0.1) is 9.24 Å². The summed E-state index contributed by atoms with van der Waals surface area (Å²) in [5, 5.41) is 28.4. The van der Waals surface area contributed by atoms with Crippen LogP contribution in [0.4, 0.5) is 20.3 Å². The van der Waals surface area contributed by atoms with Crippen LogP contribution in [0.25, 0.3) is 16.7 Å². The monoisotopic (exact) mass is 512 g/mol. The highest BCUT2D eigenvalue weighted by Gasteiger charge is 2.32. The summed E-state index contributed by atoms with van der Waals surface area (Å²) in [4.78, 5) is 30.2. The van der Waals surface area contributed by atoms with Crippen molar-refractivity contribution in [2.24, 2.45) is 5.92 Å². The number of nitrogens with zero attached hydrogens (tertiary/aromatic N) is 3.